The van der Waals surface area contributed by atoms with Gasteiger partial charge in [-0.05, 0) is 48.9 Å². The Balaban J connectivity index is 1.34. The van der Waals surface area contributed by atoms with Gasteiger partial charge in [0.05, 0.1) is 0 Å². The molecule has 2 fully saturated rings. The Morgan fingerprint density at radius 2 is 2.08 bits per heavy atom. The molecule has 2 heterocycles. The van der Waals surface area contributed by atoms with Gasteiger partial charge >= 0.3 is 0 Å². The number of piperidine rings is 1. The third-order valence-corrected chi connectivity index (χ3v) is 5.03. The number of benzene rings is 1. The predicted octanol–water partition coefficient (Wildman–Crippen LogP) is 2.07. The van der Waals surface area contributed by atoms with Gasteiger partial charge in [0.1, 0.15) is 5.75 Å². The molecular weight excluding hydrogens is 316 g/mol. The van der Waals surface area contributed by atoms with Crippen LogP contribution < -0.4 is 10.2 Å². The molecule has 0 bridgehead atoms. The number of hydrogen-bond acceptors (Lipinski definition) is 5. The predicted molar refractivity (Wildman–Crippen MR) is 94.4 cm³/mol. The van der Waals surface area contributed by atoms with Crippen LogP contribution in [-0.4, -0.2) is 40.1 Å². The molecule has 1 saturated heterocycles. The fraction of sp³-hybridized carbons (Fsp3) is 0.421. The number of nitrogens with zero attached hydrogens (tertiary/aromatic N) is 3. The van der Waals surface area contributed by atoms with Crippen molar-refractivity contribution in [2.24, 2.45) is 5.92 Å². The summed E-state index contributed by atoms with van der Waals surface area (Å²) < 4.78 is 0. The van der Waals surface area contributed by atoms with Crippen LogP contribution in [-0.2, 0) is 4.79 Å². The molecule has 1 aromatic carbocycles. The summed E-state index contributed by atoms with van der Waals surface area (Å²) in [4.78, 5) is 23.3. The zero-order valence-corrected chi connectivity index (χ0v) is 14.0. The number of phenols is 1. The monoisotopic (exact) mass is 338 g/mol. The van der Waals surface area contributed by atoms with E-state index in [-0.39, 0.29) is 29.5 Å². The molecule has 6 heteroatoms. The third-order valence-electron chi connectivity index (χ3n) is 5.03. The highest BCUT2D eigenvalue weighted by Gasteiger charge is 2.44. The molecule has 6 nitrogen and oxygen atoms in total. The van der Waals surface area contributed by atoms with E-state index in [0.29, 0.717) is 0 Å². The Hall–Kier alpha value is -2.63. The summed E-state index contributed by atoms with van der Waals surface area (Å²) in [6.45, 7) is 1.67. The van der Waals surface area contributed by atoms with Crippen molar-refractivity contribution >= 4 is 11.9 Å². The number of nitrogens with one attached hydrogen (secondary N) is 1. The van der Waals surface area contributed by atoms with Crippen LogP contribution in [0.3, 0.4) is 0 Å². The van der Waals surface area contributed by atoms with E-state index in [1.165, 1.54) is 0 Å². The number of carbonyl (C=O) groups excluding carboxylic acids is 1. The van der Waals surface area contributed by atoms with Gasteiger partial charge < -0.3 is 15.3 Å². The van der Waals surface area contributed by atoms with Crippen molar-refractivity contribution < 1.29 is 9.90 Å². The molecule has 4 rings (SSSR count). The minimum atomic E-state index is 0.0187. The topological polar surface area (TPSA) is 78.4 Å². The second-order valence-electron chi connectivity index (χ2n) is 6.89. The van der Waals surface area contributed by atoms with Crippen molar-refractivity contribution in [2.75, 3.05) is 18.0 Å². The lowest BCUT2D eigenvalue weighted by Crippen LogP contribution is -2.48. The van der Waals surface area contributed by atoms with E-state index >= 15 is 0 Å². The van der Waals surface area contributed by atoms with Gasteiger partial charge in [-0.1, -0.05) is 12.1 Å². The molecule has 1 unspecified atom stereocenters. The first-order chi connectivity index (χ1) is 12.2. The fourth-order valence-corrected chi connectivity index (χ4v) is 3.65. The number of aromatic hydroxyl groups is 1. The number of amides is 1. The molecule has 2 N–H and O–H groups in total. The first-order valence-electron chi connectivity index (χ1n) is 8.82. The molecule has 3 atom stereocenters. The van der Waals surface area contributed by atoms with Crippen LogP contribution in [0, 0.1) is 5.92 Å². The minimum absolute atomic E-state index is 0.0187. The number of hydrogen-bond donors (Lipinski definition) is 2. The lowest BCUT2D eigenvalue weighted by atomic mass is 10.0. The normalized spacial score (nSPS) is 25.4. The van der Waals surface area contributed by atoms with Crippen molar-refractivity contribution in [1.29, 1.82) is 0 Å². The Morgan fingerprint density at radius 1 is 1.24 bits per heavy atom. The van der Waals surface area contributed by atoms with Crippen LogP contribution in [0.5, 0.6) is 5.75 Å². The fourth-order valence-electron chi connectivity index (χ4n) is 3.65. The molecule has 1 aliphatic carbocycles. The zero-order chi connectivity index (χ0) is 17.2. The molecule has 1 amide bonds. The Kier molecular flexibility index (Phi) is 4.26. The maximum atomic E-state index is 12.6. The largest absolute Gasteiger partial charge is 0.508 e. The van der Waals surface area contributed by atoms with Crippen LogP contribution in [0.4, 0.5) is 5.95 Å². The first-order valence-corrected chi connectivity index (χ1v) is 8.82. The van der Waals surface area contributed by atoms with E-state index in [2.05, 4.69) is 20.2 Å². The molecule has 1 saturated carbocycles. The second-order valence-corrected chi connectivity index (χ2v) is 6.89. The van der Waals surface area contributed by atoms with Gasteiger partial charge in [0.2, 0.25) is 11.9 Å². The lowest BCUT2D eigenvalue weighted by molar-refractivity contribution is -0.123. The van der Waals surface area contributed by atoms with Crippen molar-refractivity contribution in [3.05, 3.63) is 48.3 Å². The van der Waals surface area contributed by atoms with Crippen LogP contribution in [0.25, 0.3) is 0 Å². The Morgan fingerprint density at radius 3 is 2.88 bits per heavy atom. The van der Waals surface area contributed by atoms with E-state index in [4.69, 9.17) is 0 Å². The molecule has 0 radical (unpaired) electrons. The van der Waals surface area contributed by atoms with Crippen LogP contribution in [0.2, 0.25) is 0 Å². The van der Waals surface area contributed by atoms with Gasteiger partial charge in [-0.25, -0.2) is 9.97 Å². The van der Waals surface area contributed by atoms with Gasteiger partial charge in [-0.15, -0.1) is 0 Å². The molecule has 2 aromatic rings. The number of rotatable bonds is 4. The molecule has 0 spiro atoms. The smallest absolute Gasteiger partial charge is 0.225 e. The van der Waals surface area contributed by atoms with Gasteiger partial charge in [-0.2, -0.15) is 0 Å². The first kappa shape index (κ1) is 15.9. The van der Waals surface area contributed by atoms with Crippen molar-refractivity contribution in [3.8, 4) is 5.75 Å². The summed E-state index contributed by atoms with van der Waals surface area (Å²) >= 11 is 0. The highest BCUT2D eigenvalue weighted by molar-refractivity contribution is 5.83. The number of phenolic OH excluding ortho intramolecular Hbond substituents is 1. The molecular formula is C19H22N4O2. The summed E-state index contributed by atoms with van der Waals surface area (Å²) in [7, 11) is 0. The maximum absolute atomic E-state index is 12.6. The average Bonchev–Trinajstić information content (AvgIpc) is 3.44. The van der Waals surface area contributed by atoms with Gasteiger partial charge in [-0.3, -0.25) is 4.79 Å². The lowest BCUT2D eigenvalue weighted by Gasteiger charge is -2.33. The molecule has 1 aliphatic heterocycles. The number of anilines is 1. The highest BCUT2D eigenvalue weighted by atomic mass is 16.3. The van der Waals surface area contributed by atoms with Gasteiger partial charge in [0, 0.05) is 37.4 Å². The second kappa shape index (κ2) is 6.70. The summed E-state index contributed by atoms with van der Waals surface area (Å²) in [5.41, 5.74) is 1.04. The maximum Gasteiger partial charge on any atom is 0.225 e. The van der Waals surface area contributed by atoms with Gasteiger partial charge in [0.25, 0.3) is 0 Å². The van der Waals surface area contributed by atoms with E-state index < -0.39 is 0 Å². The summed E-state index contributed by atoms with van der Waals surface area (Å²) in [6.07, 6.45) is 6.35. The molecule has 1 aromatic heterocycles. The van der Waals surface area contributed by atoms with Crippen LogP contribution in [0.15, 0.2) is 42.7 Å². The van der Waals surface area contributed by atoms with E-state index in [1.807, 2.05) is 12.1 Å². The summed E-state index contributed by atoms with van der Waals surface area (Å²) in [5, 5.41) is 12.8. The van der Waals surface area contributed by atoms with E-state index in [9.17, 15) is 9.90 Å². The van der Waals surface area contributed by atoms with Crippen LogP contribution >= 0.6 is 0 Å². The van der Waals surface area contributed by atoms with Crippen molar-refractivity contribution in [3.63, 3.8) is 0 Å². The van der Waals surface area contributed by atoms with Gasteiger partial charge in [0.15, 0.2) is 0 Å². The quantitative estimate of drug-likeness (QED) is 0.892. The standard InChI is InChI=1S/C19H22N4O2/c24-15-6-1-4-13(10-15)16-11-17(16)18(25)22-14-5-2-9-23(12-14)19-20-7-3-8-21-19/h1,3-4,6-8,10,14,16-17,24H,2,5,9,11-12H2,(H,22,25)/t14?,16-,17+/m1/s1. The number of aromatic nitrogens is 2. The molecule has 25 heavy (non-hydrogen) atoms. The van der Waals surface area contributed by atoms with Crippen molar-refractivity contribution in [2.45, 2.75) is 31.2 Å². The van der Waals surface area contributed by atoms with E-state index in [1.54, 1.807) is 30.6 Å². The van der Waals surface area contributed by atoms with E-state index in [0.717, 1.165) is 43.9 Å². The zero-order valence-electron chi connectivity index (χ0n) is 14.0. The third kappa shape index (κ3) is 3.57. The van der Waals surface area contributed by atoms with Crippen molar-refractivity contribution in [1.82, 2.24) is 15.3 Å². The number of carbonyl (C=O) groups is 1. The Bertz CT molecular complexity index is 752. The average molecular weight is 338 g/mol. The Labute approximate surface area is 146 Å². The summed E-state index contributed by atoms with van der Waals surface area (Å²) in [6, 6.07) is 9.16. The minimum Gasteiger partial charge on any atom is -0.508 e. The van der Waals surface area contributed by atoms with Crippen LogP contribution in [0.1, 0.15) is 30.7 Å². The highest BCUT2D eigenvalue weighted by Crippen LogP contribution is 2.48. The molecule has 2 aliphatic rings. The molecule has 130 valence electrons. The summed E-state index contributed by atoms with van der Waals surface area (Å²) in [5.74, 6) is 1.35. The SMILES string of the molecule is O=C(NC1CCCN(c2ncccn2)C1)[C@H]1C[C@@H]1c1cccc(O)c1.